The summed E-state index contributed by atoms with van der Waals surface area (Å²) in [5.41, 5.74) is 5.94. The number of benzene rings is 1. The van der Waals surface area contributed by atoms with Crippen LogP contribution in [-0.2, 0) is 14.8 Å². The van der Waals surface area contributed by atoms with Gasteiger partial charge >= 0.3 is 0 Å². The molecule has 0 aromatic heterocycles. The van der Waals surface area contributed by atoms with Gasteiger partial charge in [0.15, 0.2) is 5.78 Å². The predicted octanol–water partition coefficient (Wildman–Crippen LogP) is 1.55. The fourth-order valence-electron chi connectivity index (χ4n) is 3.30. The van der Waals surface area contributed by atoms with Gasteiger partial charge in [0.2, 0.25) is 10.0 Å². The van der Waals surface area contributed by atoms with E-state index in [1.807, 2.05) is 0 Å². The number of hydrogen-bond acceptors (Lipinski definition) is 4. The fourth-order valence-corrected chi connectivity index (χ4v) is 5.32. The summed E-state index contributed by atoms with van der Waals surface area (Å²) in [6.07, 6.45) is 2.46. The molecule has 1 aromatic carbocycles. The molecule has 0 spiro atoms. The van der Waals surface area contributed by atoms with Crippen LogP contribution in [0.1, 0.15) is 25.7 Å². The highest BCUT2D eigenvalue weighted by molar-refractivity contribution is 7.89. The number of fused-ring (bicyclic) bond motifs is 2. The molecule has 2 aliphatic heterocycles. The zero-order chi connectivity index (χ0) is 15.2. The number of carbonyl (C=O) groups excluding carboxylic acids is 1. The van der Waals surface area contributed by atoms with Crippen LogP contribution in [0.5, 0.6) is 0 Å². The van der Waals surface area contributed by atoms with E-state index in [-0.39, 0.29) is 23.1 Å². The summed E-state index contributed by atoms with van der Waals surface area (Å²) in [5.74, 6) is -0.0349. The molecule has 2 N–H and O–H groups in total. The molecule has 3 rings (SSSR count). The topological polar surface area (TPSA) is 80.5 Å². The minimum Gasteiger partial charge on any atom is -0.320 e. The Bertz CT molecular complexity index is 659. The largest absolute Gasteiger partial charge is 0.320 e. The van der Waals surface area contributed by atoms with E-state index >= 15 is 0 Å². The molecule has 0 saturated carbocycles. The number of halogens is 1. The Morgan fingerprint density at radius 2 is 1.86 bits per heavy atom. The van der Waals surface area contributed by atoms with E-state index in [0.29, 0.717) is 17.9 Å². The number of Topliss-reactive ketones (excluding diaryl/α,β-unsaturated/α-hetero) is 1. The van der Waals surface area contributed by atoms with Gasteiger partial charge in [-0.05, 0) is 37.1 Å². The maximum absolute atomic E-state index is 12.9. The molecule has 0 radical (unpaired) electrons. The third kappa shape index (κ3) is 2.50. The molecule has 21 heavy (non-hydrogen) atoms. The van der Waals surface area contributed by atoms with Crippen LogP contribution in [-0.4, -0.2) is 36.6 Å². The van der Waals surface area contributed by atoms with Crippen LogP contribution in [0.15, 0.2) is 29.2 Å². The van der Waals surface area contributed by atoms with Crippen LogP contribution < -0.4 is 5.73 Å². The summed E-state index contributed by atoms with van der Waals surface area (Å²) >= 11 is 5.81. The lowest BCUT2D eigenvalue weighted by Crippen LogP contribution is -2.64. The quantitative estimate of drug-likeness (QED) is 0.893. The number of piperidine rings is 2. The molecule has 0 aliphatic carbocycles. The Hall–Kier alpha value is -0.950. The molecular weight excluding hydrogens is 312 g/mol. The van der Waals surface area contributed by atoms with Gasteiger partial charge in [0.05, 0.1) is 10.9 Å². The first-order valence-electron chi connectivity index (χ1n) is 6.98. The minimum absolute atomic E-state index is 0.0349. The first-order valence-corrected chi connectivity index (χ1v) is 8.80. The van der Waals surface area contributed by atoms with E-state index in [0.717, 1.165) is 6.42 Å². The van der Waals surface area contributed by atoms with E-state index in [2.05, 4.69) is 0 Å². The Morgan fingerprint density at radius 1 is 1.19 bits per heavy atom. The average Bonchev–Trinajstić information content (AvgIpc) is 2.45. The minimum atomic E-state index is -3.65. The van der Waals surface area contributed by atoms with Crippen molar-refractivity contribution in [3.05, 3.63) is 29.3 Å². The summed E-state index contributed by atoms with van der Waals surface area (Å²) in [6.45, 7) is 0. The average molecular weight is 329 g/mol. The summed E-state index contributed by atoms with van der Waals surface area (Å²) in [4.78, 5) is 12.1. The van der Waals surface area contributed by atoms with Crippen LogP contribution >= 0.6 is 11.6 Å². The van der Waals surface area contributed by atoms with Crippen molar-refractivity contribution in [2.24, 2.45) is 5.73 Å². The van der Waals surface area contributed by atoms with E-state index in [1.54, 1.807) is 12.1 Å². The lowest BCUT2D eigenvalue weighted by Gasteiger charge is -2.46. The van der Waals surface area contributed by atoms with Crippen LogP contribution in [0.4, 0.5) is 0 Å². The molecule has 2 aliphatic rings. The summed E-state index contributed by atoms with van der Waals surface area (Å²) in [7, 11) is -3.65. The van der Waals surface area contributed by atoms with E-state index in [9.17, 15) is 13.2 Å². The molecule has 0 amide bonds. The SMILES string of the molecule is N[C@@H]1C(=O)C[C@H]2CCC[C@H]1N2S(=O)(=O)c1ccc(Cl)cc1. The van der Waals surface area contributed by atoms with E-state index < -0.39 is 22.1 Å². The van der Waals surface area contributed by atoms with Crippen LogP contribution in [0.2, 0.25) is 5.02 Å². The number of ketones is 1. The van der Waals surface area contributed by atoms with Crippen molar-refractivity contribution < 1.29 is 13.2 Å². The highest BCUT2D eigenvalue weighted by Crippen LogP contribution is 2.36. The van der Waals surface area contributed by atoms with E-state index in [1.165, 1.54) is 16.4 Å². The fraction of sp³-hybridized carbons (Fsp3) is 0.500. The Labute approximate surface area is 129 Å². The van der Waals surface area contributed by atoms with Crippen molar-refractivity contribution in [1.82, 2.24) is 4.31 Å². The van der Waals surface area contributed by atoms with Gasteiger partial charge < -0.3 is 5.73 Å². The predicted molar refractivity (Wildman–Crippen MR) is 79.5 cm³/mol. The van der Waals surface area contributed by atoms with Gasteiger partial charge in [0, 0.05) is 23.5 Å². The van der Waals surface area contributed by atoms with Crippen LogP contribution in [0, 0.1) is 0 Å². The smallest absolute Gasteiger partial charge is 0.243 e. The third-order valence-corrected chi connectivity index (χ3v) is 6.58. The van der Waals surface area contributed by atoms with Gasteiger partial charge in [-0.3, -0.25) is 4.79 Å². The monoisotopic (exact) mass is 328 g/mol. The van der Waals surface area contributed by atoms with Gasteiger partial charge in [-0.1, -0.05) is 18.0 Å². The molecular formula is C14H17ClN2O3S. The molecule has 2 fully saturated rings. The van der Waals surface area contributed by atoms with Crippen molar-refractivity contribution in [3.8, 4) is 0 Å². The second-order valence-electron chi connectivity index (χ2n) is 5.64. The van der Waals surface area contributed by atoms with Gasteiger partial charge in [0.25, 0.3) is 0 Å². The van der Waals surface area contributed by atoms with Gasteiger partial charge in [-0.25, -0.2) is 8.42 Å². The third-order valence-electron chi connectivity index (χ3n) is 4.34. The summed E-state index contributed by atoms with van der Waals surface area (Å²) in [6, 6.07) is 4.69. The van der Waals surface area contributed by atoms with Gasteiger partial charge in [-0.2, -0.15) is 4.31 Å². The number of hydrogen-bond donors (Lipinski definition) is 1. The number of rotatable bonds is 2. The molecule has 2 saturated heterocycles. The normalized spacial score (nSPS) is 30.4. The molecule has 5 nitrogen and oxygen atoms in total. The number of nitrogens with two attached hydrogens (primary N) is 1. The van der Waals surface area contributed by atoms with Gasteiger partial charge in [0.1, 0.15) is 0 Å². The number of nitrogens with zero attached hydrogens (tertiary/aromatic N) is 1. The molecule has 2 bridgehead atoms. The molecule has 7 heteroatoms. The first kappa shape index (κ1) is 15.0. The zero-order valence-corrected chi connectivity index (χ0v) is 13.0. The second kappa shape index (κ2) is 5.35. The van der Waals surface area contributed by atoms with Crippen molar-refractivity contribution in [2.75, 3.05) is 0 Å². The van der Waals surface area contributed by atoms with Gasteiger partial charge in [-0.15, -0.1) is 0 Å². The molecule has 3 atom stereocenters. The standard InChI is InChI=1S/C14H17ClN2O3S/c15-9-4-6-11(7-5-9)21(19,20)17-10-2-1-3-12(17)14(16)13(18)8-10/h4-7,10,12,14H,1-3,8,16H2/t10-,12-,14+/m1/s1. The Morgan fingerprint density at radius 3 is 2.52 bits per heavy atom. The zero-order valence-electron chi connectivity index (χ0n) is 11.4. The lowest BCUT2D eigenvalue weighted by atomic mass is 9.83. The molecule has 114 valence electrons. The maximum Gasteiger partial charge on any atom is 0.243 e. The number of carbonyl (C=O) groups is 1. The van der Waals surface area contributed by atoms with Crippen molar-refractivity contribution in [3.63, 3.8) is 0 Å². The van der Waals surface area contributed by atoms with Crippen LogP contribution in [0.25, 0.3) is 0 Å². The van der Waals surface area contributed by atoms with Crippen LogP contribution in [0.3, 0.4) is 0 Å². The number of sulfonamides is 1. The molecule has 0 unspecified atom stereocenters. The first-order chi connectivity index (χ1) is 9.91. The van der Waals surface area contributed by atoms with Crippen molar-refractivity contribution in [2.45, 2.75) is 48.7 Å². The van der Waals surface area contributed by atoms with E-state index in [4.69, 9.17) is 17.3 Å². The Kier molecular flexibility index (Phi) is 3.81. The van der Waals surface area contributed by atoms with Crippen molar-refractivity contribution in [1.29, 1.82) is 0 Å². The van der Waals surface area contributed by atoms with Crippen molar-refractivity contribution >= 4 is 27.4 Å². The lowest BCUT2D eigenvalue weighted by molar-refractivity contribution is -0.126. The summed E-state index contributed by atoms with van der Waals surface area (Å²) in [5, 5.41) is 0.486. The maximum atomic E-state index is 12.9. The summed E-state index contributed by atoms with van der Waals surface area (Å²) < 4.78 is 27.2. The highest BCUT2D eigenvalue weighted by atomic mass is 35.5. The molecule has 2 heterocycles. The highest BCUT2D eigenvalue weighted by Gasteiger charge is 2.48. The molecule has 1 aromatic rings. The second-order valence-corrected chi connectivity index (χ2v) is 7.92. The Balaban J connectivity index is 2.01.